The van der Waals surface area contributed by atoms with Crippen LogP contribution in [0.25, 0.3) is 0 Å². The average molecular weight is 231 g/mol. The summed E-state index contributed by atoms with van der Waals surface area (Å²) in [5, 5.41) is 11.4. The van der Waals surface area contributed by atoms with Crippen LogP contribution in [0.2, 0.25) is 0 Å². The smallest absolute Gasteiger partial charge is 0.325 e. The van der Waals surface area contributed by atoms with Gasteiger partial charge >= 0.3 is 5.97 Å². The number of carboxylic acids is 1. The first-order chi connectivity index (χ1) is 5.70. The van der Waals surface area contributed by atoms with Crippen molar-refractivity contribution >= 4 is 11.7 Å². The molecule has 0 fully saturated rings. The maximum atomic E-state index is 10.4. The van der Waals surface area contributed by atoms with E-state index in [4.69, 9.17) is 5.11 Å². The van der Waals surface area contributed by atoms with E-state index < -0.39 is 12.0 Å². The number of hydrogen-bond donors (Lipinski definition) is 2. The van der Waals surface area contributed by atoms with Crippen LogP contribution >= 0.6 is 0 Å². The Morgan fingerprint density at radius 1 is 1.38 bits per heavy atom. The van der Waals surface area contributed by atoms with Gasteiger partial charge in [0.05, 0.1) is 0 Å². The molecule has 1 aromatic rings. The monoisotopic (exact) mass is 229 g/mol. The molecule has 0 aromatic heterocycles. The van der Waals surface area contributed by atoms with Crippen molar-refractivity contribution in [2.24, 2.45) is 0 Å². The zero-order valence-electron chi connectivity index (χ0n) is 7.53. The number of nitrogens with one attached hydrogen (secondary N) is 1. The largest absolute Gasteiger partial charge is 0.480 e. The van der Waals surface area contributed by atoms with Gasteiger partial charge in [-0.25, -0.2) is 0 Å². The predicted molar refractivity (Wildman–Crippen MR) is 47.2 cm³/mol. The van der Waals surface area contributed by atoms with E-state index in [0.29, 0.717) is 0 Å². The molecule has 0 amide bonds. The van der Waals surface area contributed by atoms with Crippen LogP contribution < -0.4 is 5.32 Å². The molecular formula is C9H11NO2Zn. The van der Waals surface area contributed by atoms with Gasteiger partial charge in [-0.1, -0.05) is 18.2 Å². The number of benzene rings is 1. The minimum absolute atomic E-state index is 0. The Balaban J connectivity index is 0.00000144. The molecule has 0 bridgehead atoms. The Morgan fingerprint density at radius 2 is 1.92 bits per heavy atom. The molecule has 3 nitrogen and oxygen atoms in total. The fraction of sp³-hybridized carbons (Fsp3) is 0.222. The molecule has 0 saturated carbocycles. The van der Waals surface area contributed by atoms with E-state index in [1.165, 1.54) is 0 Å². The second-order valence-electron chi connectivity index (χ2n) is 2.57. The van der Waals surface area contributed by atoms with E-state index in [0.717, 1.165) is 5.69 Å². The molecule has 0 radical (unpaired) electrons. The van der Waals surface area contributed by atoms with Crippen LogP contribution in [-0.2, 0) is 24.3 Å². The first kappa shape index (κ1) is 12.1. The Hall–Kier alpha value is -0.887. The first-order valence-electron chi connectivity index (χ1n) is 3.74. The Kier molecular flexibility index (Phi) is 5.32. The molecule has 0 spiro atoms. The van der Waals surface area contributed by atoms with Crippen molar-refractivity contribution in [1.82, 2.24) is 0 Å². The average Bonchev–Trinajstić information content (AvgIpc) is 2.06. The van der Waals surface area contributed by atoms with Crippen molar-refractivity contribution in [2.45, 2.75) is 13.0 Å². The Bertz CT molecular complexity index is 264. The fourth-order valence-electron chi connectivity index (χ4n) is 0.846. The molecule has 2 N–H and O–H groups in total. The van der Waals surface area contributed by atoms with Crippen LogP contribution in [0.5, 0.6) is 0 Å². The molecule has 0 aliphatic heterocycles. The van der Waals surface area contributed by atoms with Crippen molar-refractivity contribution in [3.8, 4) is 0 Å². The summed E-state index contributed by atoms with van der Waals surface area (Å²) in [6, 6.07) is 8.72. The second kappa shape index (κ2) is 5.71. The summed E-state index contributed by atoms with van der Waals surface area (Å²) in [5.74, 6) is -0.848. The Morgan fingerprint density at radius 3 is 2.38 bits per heavy atom. The van der Waals surface area contributed by atoms with Gasteiger partial charge in [-0.2, -0.15) is 0 Å². The third-order valence-electron chi connectivity index (χ3n) is 1.53. The standard InChI is InChI=1S/C9H11NO2.Zn/c1-7(9(11)12)10-8-5-3-2-4-6-8;/h2-7,10H,1H3,(H,11,12);/t7-;/m0./s1. The van der Waals surface area contributed by atoms with Gasteiger partial charge in [0, 0.05) is 25.2 Å². The molecular weight excluding hydrogens is 219 g/mol. The molecule has 1 aromatic carbocycles. The van der Waals surface area contributed by atoms with Crippen LogP contribution in [0, 0.1) is 0 Å². The summed E-state index contributed by atoms with van der Waals surface area (Å²) < 4.78 is 0. The molecule has 66 valence electrons. The summed E-state index contributed by atoms with van der Waals surface area (Å²) >= 11 is 0. The number of carbonyl (C=O) groups is 1. The summed E-state index contributed by atoms with van der Waals surface area (Å²) in [7, 11) is 0. The van der Waals surface area contributed by atoms with Crippen LogP contribution in [0.1, 0.15) is 6.92 Å². The van der Waals surface area contributed by atoms with Crippen molar-refractivity contribution in [3.63, 3.8) is 0 Å². The van der Waals surface area contributed by atoms with E-state index >= 15 is 0 Å². The Labute approximate surface area is 89.9 Å². The van der Waals surface area contributed by atoms with Gasteiger partial charge < -0.3 is 10.4 Å². The summed E-state index contributed by atoms with van der Waals surface area (Å²) in [5.41, 5.74) is 0.826. The van der Waals surface area contributed by atoms with Crippen molar-refractivity contribution in [1.29, 1.82) is 0 Å². The summed E-state index contributed by atoms with van der Waals surface area (Å²) in [4.78, 5) is 10.4. The van der Waals surface area contributed by atoms with E-state index in [1.807, 2.05) is 30.3 Å². The molecule has 0 saturated heterocycles. The third kappa shape index (κ3) is 4.04. The van der Waals surface area contributed by atoms with Gasteiger partial charge in [0.15, 0.2) is 0 Å². The van der Waals surface area contributed by atoms with E-state index in [1.54, 1.807) is 6.92 Å². The van der Waals surface area contributed by atoms with Crippen molar-refractivity contribution in [3.05, 3.63) is 30.3 Å². The quantitative estimate of drug-likeness (QED) is 0.775. The normalized spacial score (nSPS) is 11.2. The number of para-hydroxylation sites is 1. The number of rotatable bonds is 3. The van der Waals surface area contributed by atoms with Gasteiger partial charge in [-0.3, -0.25) is 4.79 Å². The van der Waals surface area contributed by atoms with E-state index in [9.17, 15) is 4.79 Å². The van der Waals surface area contributed by atoms with Gasteiger partial charge in [0.1, 0.15) is 6.04 Å². The van der Waals surface area contributed by atoms with Gasteiger partial charge in [0.25, 0.3) is 0 Å². The topological polar surface area (TPSA) is 49.3 Å². The number of anilines is 1. The fourth-order valence-corrected chi connectivity index (χ4v) is 0.846. The third-order valence-corrected chi connectivity index (χ3v) is 1.53. The zero-order chi connectivity index (χ0) is 8.97. The first-order valence-corrected chi connectivity index (χ1v) is 3.74. The maximum absolute atomic E-state index is 10.4. The predicted octanol–water partition coefficient (Wildman–Crippen LogP) is 1.57. The van der Waals surface area contributed by atoms with Crippen LogP contribution in [0.3, 0.4) is 0 Å². The van der Waals surface area contributed by atoms with E-state index in [-0.39, 0.29) is 19.5 Å². The minimum Gasteiger partial charge on any atom is -0.480 e. The number of aliphatic carboxylic acids is 1. The SMILES string of the molecule is C[C@H](Nc1ccccc1)C(=O)O.[Zn]. The molecule has 1 rings (SSSR count). The maximum Gasteiger partial charge on any atom is 0.325 e. The van der Waals surface area contributed by atoms with Gasteiger partial charge in [-0.15, -0.1) is 0 Å². The van der Waals surface area contributed by atoms with Gasteiger partial charge in [0.2, 0.25) is 0 Å². The molecule has 0 aliphatic carbocycles. The van der Waals surface area contributed by atoms with Crippen LogP contribution in [-0.4, -0.2) is 17.1 Å². The number of hydrogen-bond acceptors (Lipinski definition) is 2. The second-order valence-corrected chi connectivity index (χ2v) is 2.57. The number of carboxylic acid groups (broad SMARTS) is 1. The zero-order valence-corrected chi connectivity index (χ0v) is 10.5. The van der Waals surface area contributed by atoms with Gasteiger partial charge in [-0.05, 0) is 19.1 Å². The van der Waals surface area contributed by atoms with Crippen LogP contribution in [0.15, 0.2) is 30.3 Å². The summed E-state index contributed by atoms with van der Waals surface area (Å²) in [6.07, 6.45) is 0. The summed E-state index contributed by atoms with van der Waals surface area (Å²) in [6.45, 7) is 1.61. The molecule has 0 heterocycles. The van der Waals surface area contributed by atoms with Crippen LogP contribution in [0.4, 0.5) is 5.69 Å². The van der Waals surface area contributed by atoms with Crippen molar-refractivity contribution < 1.29 is 29.4 Å². The molecule has 1 atom stereocenters. The molecule has 13 heavy (non-hydrogen) atoms. The minimum atomic E-state index is -0.848. The van der Waals surface area contributed by atoms with Crippen molar-refractivity contribution in [2.75, 3.05) is 5.32 Å². The molecule has 0 unspecified atom stereocenters. The molecule has 4 heteroatoms. The molecule has 0 aliphatic rings. The van der Waals surface area contributed by atoms with E-state index in [2.05, 4.69) is 5.32 Å².